The Morgan fingerprint density at radius 3 is 1.80 bits per heavy atom. The number of hydrogen-bond donors (Lipinski definition) is 1. The molecule has 2 atom stereocenters. The van der Waals surface area contributed by atoms with Crippen LogP contribution in [0.4, 0.5) is 0 Å². The van der Waals surface area contributed by atoms with Crippen LogP contribution >= 0.6 is 0 Å². The largest absolute Gasteiger partial charge is 0.369 e. The van der Waals surface area contributed by atoms with E-state index in [1.54, 1.807) is 0 Å². The van der Waals surface area contributed by atoms with E-state index in [-0.39, 0.29) is 23.7 Å². The Morgan fingerprint density at radius 1 is 0.840 bits per heavy atom. The fraction of sp³-hybridized carbons (Fsp3) is 0.333. The molecular weight excluding hydrogens is 312 g/mol. The number of nitrogens with two attached hydrogens (primary N) is 1. The van der Waals surface area contributed by atoms with Crippen LogP contribution in [-0.4, -0.2) is 16.7 Å². The SMILES string of the molecule is NC(=O)[C@H]1CCC[C@H]1C(=O)N(Cc1ccccc1)Cc1ccccc1. The molecule has 0 unspecified atom stereocenters. The van der Waals surface area contributed by atoms with Crippen LogP contribution in [-0.2, 0) is 22.7 Å². The van der Waals surface area contributed by atoms with Gasteiger partial charge in [0.2, 0.25) is 11.8 Å². The molecule has 3 rings (SSSR count). The molecule has 0 aliphatic heterocycles. The van der Waals surface area contributed by atoms with Crippen molar-refractivity contribution in [1.29, 1.82) is 0 Å². The minimum atomic E-state index is -0.352. The molecule has 130 valence electrons. The van der Waals surface area contributed by atoms with E-state index in [4.69, 9.17) is 5.73 Å². The van der Waals surface area contributed by atoms with Gasteiger partial charge in [0.15, 0.2) is 0 Å². The molecule has 4 nitrogen and oxygen atoms in total. The maximum atomic E-state index is 13.2. The predicted octanol–water partition coefficient (Wildman–Crippen LogP) is 3.12. The Morgan fingerprint density at radius 2 is 1.32 bits per heavy atom. The van der Waals surface area contributed by atoms with Crippen molar-refractivity contribution in [2.75, 3.05) is 0 Å². The summed E-state index contributed by atoms with van der Waals surface area (Å²) >= 11 is 0. The summed E-state index contributed by atoms with van der Waals surface area (Å²) in [6, 6.07) is 19.9. The molecular formula is C21H24N2O2. The molecule has 0 aromatic heterocycles. The van der Waals surface area contributed by atoms with Crippen molar-refractivity contribution in [3.05, 3.63) is 71.8 Å². The third kappa shape index (κ3) is 4.27. The van der Waals surface area contributed by atoms with E-state index < -0.39 is 0 Å². The lowest BCUT2D eigenvalue weighted by Gasteiger charge is -2.28. The molecule has 0 saturated heterocycles. The van der Waals surface area contributed by atoms with Gasteiger partial charge in [-0.2, -0.15) is 0 Å². The Hall–Kier alpha value is -2.62. The van der Waals surface area contributed by atoms with Crippen molar-refractivity contribution in [3.8, 4) is 0 Å². The molecule has 2 N–H and O–H groups in total. The molecule has 25 heavy (non-hydrogen) atoms. The van der Waals surface area contributed by atoms with E-state index in [2.05, 4.69) is 0 Å². The highest BCUT2D eigenvalue weighted by molar-refractivity contribution is 5.87. The lowest BCUT2D eigenvalue weighted by molar-refractivity contribution is -0.141. The smallest absolute Gasteiger partial charge is 0.227 e. The van der Waals surface area contributed by atoms with E-state index in [0.29, 0.717) is 13.1 Å². The van der Waals surface area contributed by atoms with E-state index in [0.717, 1.165) is 30.4 Å². The summed E-state index contributed by atoms with van der Waals surface area (Å²) in [5.74, 6) is -0.935. The van der Waals surface area contributed by atoms with Crippen molar-refractivity contribution in [2.45, 2.75) is 32.4 Å². The summed E-state index contributed by atoms with van der Waals surface area (Å²) in [4.78, 5) is 26.8. The molecule has 4 heteroatoms. The van der Waals surface area contributed by atoms with E-state index >= 15 is 0 Å². The van der Waals surface area contributed by atoms with Crippen molar-refractivity contribution < 1.29 is 9.59 Å². The number of amides is 2. The molecule has 1 aliphatic rings. The van der Waals surface area contributed by atoms with Gasteiger partial charge in [-0.15, -0.1) is 0 Å². The lowest BCUT2D eigenvalue weighted by atomic mass is 9.93. The van der Waals surface area contributed by atoms with Crippen LogP contribution in [0.15, 0.2) is 60.7 Å². The lowest BCUT2D eigenvalue weighted by Crippen LogP contribution is -2.40. The predicted molar refractivity (Wildman–Crippen MR) is 97.2 cm³/mol. The summed E-state index contributed by atoms with van der Waals surface area (Å²) in [7, 11) is 0. The summed E-state index contributed by atoms with van der Waals surface area (Å²) in [5, 5.41) is 0. The second kappa shape index (κ2) is 7.97. The number of carbonyl (C=O) groups is 2. The highest BCUT2D eigenvalue weighted by Crippen LogP contribution is 2.33. The average Bonchev–Trinajstić information content (AvgIpc) is 3.12. The van der Waals surface area contributed by atoms with Gasteiger partial charge in [-0.25, -0.2) is 0 Å². The first-order valence-electron chi connectivity index (χ1n) is 8.81. The van der Waals surface area contributed by atoms with Gasteiger partial charge in [0.1, 0.15) is 0 Å². The van der Waals surface area contributed by atoms with Crippen LogP contribution < -0.4 is 5.73 Å². The normalized spacial score (nSPS) is 19.5. The molecule has 2 aromatic carbocycles. The Balaban J connectivity index is 1.82. The highest BCUT2D eigenvalue weighted by Gasteiger charge is 2.38. The summed E-state index contributed by atoms with van der Waals surface area (Å²) in [6.45, 7) is 1.08. The zero-order chi connectivity index (χ0) is 17.6. The topological polar surface area (TPSA) is 63.4 Å². The van der Waals surface area contributed by atoms with Crippen molar-refractivity contribution in [2.24, 2.45) is 17.6 Å². The molecule has 2 amide bonds. The Labute approximate surface area is 148 Å². The number of rotatable bonds is 6. The molecule has 0 spiro atoms. The van der Waals surface area contributed by atoms with Crippen LogP contribution in [0, 0.1) is 11.8 Å². The van der Waals surface area contributed by atoms with Gasteiger partial charge in [-0.05, 0) is 24.0 Å². The molecule has 1 aliphatic carbocycles. The number of benzene rings is 2. The molecule has 0 radical (unpaired) electrons. The zero-order valence-electron chi connectivity index (χ0n) is 14.3. The number of hydrogen-bond acceptors (Lipinski definition) is 2. The maximum Gasteiger partial charge on any atom is 0.227 e. The van der Waals surface area contributed by atoms with Gasteiger partial charge in [0, 0.05) is 24.9 Å². The van der Waals surface area contributed by atoms with Crippen molar-refractivity contribution in [1.82, 2.24) is 4.90 Å². The fourth-order valence-electron chi connectivity index (χ4n) is 3.65. The van der Waals surface area contributed by atoms with Gasteiger partial charge >= 0.3 is 0 Å². The van der Waals surface area contributed by atoms with E-state index in [1.807, 2.05) is 65.6 Å². The second-order valence-corrected chi connectivity index (χ2v) is 6.71. The minimum absolute atomic E-state index is 0.0361. The summed E-state index contributed by atoms with van der Waals surface area (Å²) in [6.07, 6.45) is 2.34. The summed E-state index contributed by atoms with van der Waals surface area (Å²) in [5.41, 5.74) is 7.69. The standard InChI is InChI=1S/C21H24N2O2/c22-20(24)18-12-7-13-19(18)21(25)23(14-16-8-3-1-4-9-16)15-17-10-5-2-6-11-17/h1-6,8-11,18-19H,7,12-15H2,(H2,22,24)/t18-,19+/m0/s1. The number of carbonyl (C=O) groups excluding carboxylic acids is 2. The fourth-order valence-corrected chi connectivity index (χ4v) is 3.65. The molecule has 0 bridgehead atoms. The van der Waals surface area contributed by atoms with Crippen molar-refractivity contribution >= 4 is 11.8 Å². The number of nitrogens with zero attached hydrogens (tertiary/aromatic N) is 1. The first-order valence-corrected chi connectivity index (χ1v) is 8.81. The summed E-state index contributed by atoms with van der Waals surface area (Å²) < 4.78 is 0. The minimum Gasteiger partial charge on any atom is -0.369 e. The van der Waals surface area contributed by atoms with Crippen LogP contribution in [0.25, 0.3) is 0 Å². The first-order chi connectivity index (χ1) is 12.1. The van der Waals surface area contributed by atoms with Gasteiger partial charge in [0.05, 0.1) is 0 Å². The third-order valence-electron chi connectivity index (χ3n) is 4.94. The molecule has 1 saturated carbocycles. The van der Waals surface area contributed by atoms with Gasteiger partial charge in [-0.1, -0.05) is 67.1 Å². The first kappa shape index (κ1) is 17.2. The maximum absolute atomic E-state index is 13.2. The van der Waals surface area contributed by atoms with Gasteiger partial charge < -0.3 is 10.6 Å². The van der Waals surface area contributed by atoms with Crippen LogP contribution in [0.1, 0.15) is 30.4 Å². The molecule has 2 aromatic rings. The Bertz CT molecular complexity index is 674. The average molecular weight is 336 g/mol. The monoisotopic (exact) mass is 336 g/mol. The van der Waals surface area contributed by atoms with Gasteiger partial charge in [0.25, 0.3) is 0 Å². The molecule has 1 fully saturated rings. The van der Waals surface area contributed by atoms with E-state index in [1.165, 1.54) is 0 Å². The van der Waals surface area contributed by atoms with Crippen LogP contribution in [0.2, 0.25) is 0 Å². The van der Waals surface area contributed by atoms with E-state index in [9.17, 15) is 9.59 Å². The van der Waals surface area contributed by atoms with Crippen molar-refractivity contribution in [3.63, 3.8) is 0 Å². The Kier molecular flexibility index (Phi) is 5.49. The highest BCUT2D eigenvalue weighted by atomic mass is 16.2. The van der Waals surface area contributed by atoms with Crippen LogP contribution in [0.5, 0.6) is 0 Å². The second-order valence-electron chi connectivity index (χ2n) is 6.71. The van der Waals surface area contributed by atoms with Crippen LogP contribution in [0.3, 0.4) is 0 Å². The number of primary amides is 1. The quantitative estimate of drug-likeness (QED) is 0.881. The van der Waals surface area contributed by atoms with Gasteiger partial charge in [-0.3, -0.25) is 9.59 Å². The zero-order valence-corrected chi connectivity index (χ0v) is 14.3. The molecule has 0 heterocycles. The third-order valence-corrected chi connectivity index (χ3v) is 4.94.